The molecule has 1 saturated heterocycles. The van der Waals surface area contributed by atoms with E-state index in [2.05, 4.69) is 41.1 Å². The summed E-state index contributed by atoms with van der Waals surface area (Å²) < 4.78 is 0. The molecule has 2 aliphatic rings. The number of aromatic nitrogens is 2. The smallest absolute Gasteiger partial charge is 0.225 e. The molecule has 2 fully saturated rings. The lowest BCUT2D eigenvalue weighted by atomic mass is 9.93. The Hall–Kier alpha value is -2.23. The van der Waals surface area contributed by atoms with E-state index in [0.717, 1.165) is 55.7 Å². The van der Waals surface area contributed by atoms with Gasteiger partial charge in [0.2, 0.25) is 5.91 Å². The van der Waals surface area contributed by atoms with Crippen LogP contribution in [0.2, 0.25) is 0 Å². The number of amides is 1. The molecule has 4 rings (SSSR count). The molecule has 0 radical (unpaired) electrons. The number of rotatable bonds is 3. The van der Waals surface area contributed by atoms with Gasteiger partial charge in [0.1, 0.15) is 0 Å². The van der Waals surface area contributed by atoms with E-state index in [4.69, 9.17) is 4.98 Å². The van der Waals surface area contributed by atoms with Gasteiger partial charge in [0.15, 0.2) is 0 Å². The maximum Gasteiger partial charge on any atom is 0.225 e. The highest BCUT2D eigenvalue weighted by Gasteiger charge is 2.31. The third-order valence-electron chi connectivity index (χ3n) is 5.82. The van der Waals surface area contributed by atoms with Gasteiger partial charge in [-0.2, -0.15) is 0 Å². The Balaban J connectivity index is 1.51. The van der Waals surface area contributed by atoms with Crippen LogP contribution >= 0.6 is 0 Å². The van der Waals surface area contributed by atoms with E-state index in [9.17, 15) is 4.79 Å². The lowest BCUT2D eigenvalue weighted by Crippen LogP contribution is -2.42. The molecule has 1 aliphatic heterocycles. The van der Waals surface area contributed by atoms with Crippen LogP contribution in [0.15, 0.2) is 36.7 Å². The second-order valence-electron chi connectivity index (χ2n) is 7.80. The summed E-state index contributed by atoms with van der Waals surface area (Å²) in [6.45, 7) is 3.78. The zero-order chi connectivity index (χ0) is 17.9. The maximum absolute atomic E-state index is 12.8. The lowest BCUT2D eigenvalue weighted by molar-refractivity contribution is -0.136. The molecule has 2 heterocycles. The third-order valence-corrected chi connectivity index (χ3v) is 5.82. The normalized spacial score (nSPS) is 21.1. The minimum absolute atomic E-state index is 0.262. The van der Waals surface area contributed by atoms with Crippen LogP contribution in [-0.4, -0.2) is 33.9 Å². The van der Waals surface area contributed by atoms with E-state index in [0.29, 0.717) is 11.8 Å². The van der Waals surface area contributed by atoms with Crippen LogP contribution in [0.5, 0.6) is 0 Å². The SMILES string of the molecule is Cc1cccc(-c2cncc(C3CCCN(C(=O)C4CCCC4)C3)n2)c1. The summed E-state index contributed by atoms with van der Waals surface area (Å²) in [6.07, 6.45) is 10.4. The highest BCUT2D eigenvalue weighted by atomic mass is 16.2. The number of benzene rings is 1. The van der Waals surface area contributed by atoms with E-state index < -0.39 is 0 Å². The molecule has 0 bridgehead atoms. The number of carbonyl (C=O) groups excluding carboxylic acids is 1. The molecule has 0 N–H and O–H groups in total. The Morgan fingerprint density at radius 2 is 1.96 bits per heavy atom. The highest BCUT2D eigenvalue weighted by Crippen LogP contribution is 2.31. The van der Waals surface area contributed by atoms with Crippen molar-refractivity contribution in [1.82, 2.24) is 14.9 Å². The topological polar surface area (TPSA) is 46.1 Å². The summed E-state index contributed by atoms with van der Waals surface area (Å²) in [5.41, 5.74) is 4.27. The van der Waals surface area contributed by atoms with Gasteiger partial charge in [-0.15, -0.1) is 0 Å². The van der Waals surface area contributed by atoms with E-state index in [1.807, 2.05) is 12.4 Å². The summed E-state index contributed by atoms with van der Waals surface area (Å²) in [4.78, 5) is 24.2. The molecular formula is C22H27N3O. The fourth-order valence-corrected chi connectivity index (χ4v) is 4.37. The Morgan fingerprint density at radius 1 is 1.12 bits per heavy atom. The zero-order valence-electron chi connectivity index (χ0n) is 15.5. The zero-order valence-corrected chi connectivity index (χ0v) is 15.5. The summed E-state index contributed by atoms with van der Waals surface area (Å²) in [5.74, 6) is 0.930. The van der Waals surface area contributed by atoms with Crippen LogP contribution in [0.4, 0.5) is 0 Å². The van der Waals surface area contributed by atoms with Crippen molar-refractivity contribution in [3.63, 3.8) is 0 Å². The van der Waals surface area contributed by atoms with Crippen molar-refractivity contribution in [2.45, 2.75) is 51.4 Å². The maximum atomic E-state index is 12.8. The summed E-state index contributed by atoms with van der Waals surface area (Å²) in [6, 6.07) is 8.37. The number of carbonyl (C=O) groups is 1. The predicted molar refractivity (Wildman–Crippen MR) is 103 cm³/mol. The minimum atomic E-state index is 0.262. The molecule has 1 aromatic heterocycles. The lowest BCUT2D eigenvalue weighted by Gasteiger charge is -2.34. The van der Waals surface area contributed by atoms with Gasteiger partial charge in [-0.25, -0.2) is 4.98 Å². The first-order chi connectivity index (χ1) is 12.7. The van der Waals surface area contributed by atoms with Crippen molar-refractivity contribution in [3.8, 4) is 11.3 Å². The number of likely N-dealkylation sites (tertiary alicyclic amines) is 1. The summed E-state index contributed by atoms with van der Waals surface area (Å²) >= 11 is 0. The average molecular weight is 349 g/mol. The largest absolute Gasteiger partial charge is 0.342 e. The highest BCUT2D eigenvalue weighted by molar-refractivity contribution is 5.79. The minimum Gasteiger partial charge on any atom is -0.342 e. The van der Waals surface area contributed by atoms with Crippen molar-refractivity contribution >= 4 is 5.91 Å². The molecule has 1 atom stereocenters. The molecular weight excluding hydrogens is 322 g/mol. The van der Waals surface area contributed by atoms with Gasteiger partial charge in [-0.1, -0.05) is 36.6 Å². The van der Waals surface area contributed by atoms with Crippen molar-refractivity contribution in [1.29, 1.82) is 0 Å². The Kier molecular flexibility index (Phi) is 5.00. The molecule has 4 heteroatoms. The molecule has 2 aromatic rings. The van der Waals surface area contributed by atoms with Crippen LogP contribution in [0, 0.1) is 12.8 Å². The van der Waals surface area contributed by atoms with Gasteiger partial charge < -0.3 is 4.90 Å². The van der Waals surface area contributed by atoms with Crippen molar-refractivity contribution in [3.05, 3.63) is 47.9 Å². The van der Waals surface area contributed by atoms with E-state index in [1.54, 1.807) is 0 Å². The fourth-order valence-electron chi connectivity index (χ4n) is 4.37. The van der Waals surface area contributed by atoms with Gasteiger partial charge in [-0.3, -0.25) is 9.78 Å². The monoisotopic (exact) mass is 349 g/mol. The van der Waals surface area contributed by atoms with Crippen molar-refractivity contribution < 1.29 is 4.79 Å². The first kappa shape index (κ1) is 17.2. The first-order valence-electron chi connectivity index (χ1n) is 9.88. The first-order valence-corrected chi connectivity index (χ1v) is 9.88. The Bertz CT molecular complexity index is 782. The Labute approximate surface area is 155 Å². The van der Waals surface area contributed by atoms with Gasteiger partial charge in [-0.05, 0) is 38.7 Å². The number of nitrogens with zero attached hydrogens (tertiary/aromatic N) is 3. The van der Waals surface area contributed by atoms with Gasteiger partial charge in [0, 0.05) is 36.7 Å². The molecule has 1 aromatic carbocycles. The van der Waals surface area contributed by atoms with Gasteiger partial charge in [0.25, 0.3) is 0 Å². The summed E-state index contributed by atoms with van der Waals surface area (Å²) in [7, 11) is 0. The molecule has 4 nitrogen and oxygen atoms in total. The predicted octanol–water partition coefficient (Wildman–Crippen LogP) is 4.35. The standard InChI is InChI=1S/C22H27N3O/c1-16-6-4-9-18(12-16)20-13-23-14-21(24-20)19-10-5-11-25(15-19)22(26)17-7-2-3-8-17/h4,6,9,12-14,17,19H,2-3,5,7-8,10-11,15H2,1H3. The molecule has 26 heavy (non-hydrogen) atoms. The van der Waals surface area contributed by atoms with Crippen LogP contribution < -0.4 is 0 Å². The fraction of sp³-hybridized carbons (Fsp3) is 0.500. The second-order valence-corrected chi connectivity index (χ2v) is 7.80. The van der Waals surface area contributed by atoms with Gasteiger partial charge >= 0.3 is 0 Å². The number of hydrogen-bond acceptors (Lipinski definition) is 3. The molecule has 1 amide bonds. The molecule has 0 spiro atoms. The average Bonchev–Trinajstić information content (AvgIpc) is 3.22. The quantitative estimate of drug-likeness (QED) is 0.828. The van der Waals surface area contributed by atoms with E-state index in [1.165, 1.54) is 18.4 Å². The molecule has 136 valence electrons. The van der Waals surface area contributed by atoms with Crippen LogP contribution in [0.1, 0.15) is 55.7 Å². The van der Waals surface area contributed by atoms with Crippen LogP contribution in [0.3, 0.4) is 0 Å². The molecule has 1 unspecified atom stereocenters. The summed E-state index contributed by atoms with van der Waals surface area (Å²) in [5, 5.41) is 0. The molecule has 1 aliphatic carbocycles. The number of piperidine rings is 1. The van der Waals surface area contributed by atoms with Crippen molar-refractivity contribution in [2.24, 2.45) is 5.92 Å². The number of hydrogen-bond donors (Lipinski definition) is 0. The van der Waals surface area contributed by atoms with E-state index in [-0.39, 0.29) is 5.92 Å². The van der Waals surface area contributed by atoms with Crippen molar-refractivity contribution in [2.75, 3.05) is 13.1 Å². The second kappa shape index (κ2) is 7.56. The number of aryl methyl sites for hydroxylation is 1. The molecule has 1 saturated carbocycles. The van der Waals surface area contributed by atoms with Crippen LogP contribution in [0.25, 0.3) is 11.3 Å². The van der Waals surface area contributed by atoms with E-state index >= 15 is 0 Å². The van der Waals surface area contributed by atoms with Gasteiger partial charge in [0.05, 0.1) is 17.6 Å². The van der Waals surface area contributed by atoms with Crippen LogP contribution in [-0.2, 0) is 4.79 Å². The third kappa shape index (κ3) is 3.64. The Morgan fingerprint density at radius 3 is 2.77 bits per heavy atom.